The van der Waals surface area contributed by atoms with Crippen molar-refractivity contribution in [3.63, 3.8) is 0 Å². The normalized spacial score (nSPS) is 10.0. The second kappa shape index (κ2) is 4.62. The molecule has 0 fully saturated rings. The Labute approximate surface area is 90.6 Å². The number of hydrogen-bond donors (Lipinski definition) is 0. The largest absolute Gasteiger partial charge is 0.462 e. The minimum Gasteiger partial charge on any atom is -0.462 e. The van der Waals surface area contributed by atoms with Crippen molar-refractivity contribution < 1.29 is 13.9 Å². The fourth-order valence-electron chi connectivity index (χ4n) is 0.913. The number of esters is 1. The van der Waals surface area contributed by atoms with Gasteiger partial charge in [-0.25, -0.2) is 9.18 Å². The molecule has 14 heavy (non-hydrogen) atoms. The smallest absolute Gasteiger partial charge is 0.341 e. The third kappa shape index (κ3) is 2.36. The van der Waals surface area contributed by atoms with Gasteiger partial charge >= 0.3 is 5.97 Å². The quantitative estimate of drug-likeness (QED) is 0.582. The van der Waals surface area contributed by atoms with Crippen LogP contribution in [0.3, 0.4) is 0 Å². The van der Waals surface area contributed by atoms with Crippen LogP contribution in [-0.4, -0.2) is 12.6 Å². The summed E-state index contributed by atoms with van der Waals surface area (Å²) >= 11 is 11.1. The number of benzene rings is 1. The lowest BCUT2D eigenvalue weighted by Gasteiger charge is -2.04. The average molecular weight is 237 g/mol. The van der Waals surface area contributed by atoms with Gasteiger partial charge in [0.2, 0.25) is 0 Å². The van der Waals surface area contributed by atoms with Gasteiger partial charge < -0.3 is 4.74 Å². The van der Waals surface area contributed by atoms with E-state index in [4.69, 9.17) is 23.2 Å². The first-order valence-electron chi connectivity index (χ1n) is 3.88. The second-order valence-electron chi connectivity index (χ2n) is 2.47. The van der Waals surface area contributed by atoms with E-state index in [1.165, 1.54) is 12.1 Å². The van der Waals surface area contributed by atoms with Crippen LogP contribution in [0.25, 0.3) is 0 Å². The zero-order chi connectivity index (χ0) is 10.7. The standard InChI is InChI=1S/C9H7Cl2FO2/c1-2-14-9(13)6-3-5(10)4-7(11)8(6)12/h3-4H,2H2,1H3. The van der Waals surface area contributed by atoms with Crippen molar-refractivity contribution in [2.75, 3.05) is 6.61 Å². The third-order valence-electron chi connectivity index (χ3n) is 1.49. The highest BCUT2D eigenvalue weighted by molar-refractivity contribution is 6.35. The lowest BCUT2D eigenvalue weighted by atomic mass is 10.2. The van der Waals surface area contributed by atoms with Crippen molar-refractivity contribution in [1.29, 1.82) is 0 Å². The number of hydrogen-bond acceptors (Lipinski definition) is 2. The molecule has 1 rings (SSSR count). The lowest BCUT2D eigenvalue weighted by molar-refractivity contribution is 0.0521. The van der Waals surface area contributed by atoms with Gasteiger partial charge in [0, 0.05) is 5.02 Å². The molecule has 0 amide bonds. The Hall–Kier alpha value is -0.800. The Kier molecular flexibility index (Phi) is 3.72. The molecule has 76 valence electrons. The second-order valence-corrected chi connectivity index (χ2v) is 3.31. The summed E-state index contributed by atoms with van der Waals surface area (Å²) in [6, 6.07) is 2.40. The van der Waals surface area contributed by atoms with E-state index in [1.54, 1.807) is 6.92 Å². The molecule has 0 radical (unpaired) electrons. The minimum atomic E-state index is -0.811. The van der Waals surface area contributed by atoms with E-state index in [2.05, 4.69) is 4.74 Å². The molecule has 5 heteroatoms. The average Bonchev–Trinajstić information content (AvgIpc) is 2.11. The van der Waals surface area contributed by atoms with Gasteiger partial charge in [-0.15, -0.1) is 0 Å². The van der Waals surface area contributed by atoms with Crippen LogP contribution < -0.4 is 0 Å². The molecule has 0 unspecified atom stereocenters. The van der Waals surface area contributed by atoms with E-state index in [9.17, 15) is 9.18 Å². The van der Waals surface area contributed by atoms with Gasteiger partial charge in [-0.05, 0) is 19.1 Å². The van der Waals surface area contributed by atoms with Gasteiger partial charge in [-0.1, -0.05) is 23.2 Å². The molecule has 0 saturated heterocycles. The van der Waals surface area contributed by atoms with Gasteiger partial charge in [-0.2, -0.15) is 0 Å². The van der Waals surface area contributed by atoms with E-state index >= 15 is 0 Å². The molecule has 0 aliphatic rings. The summed E-state index contributed by atoms with van der Waals surface area (Å²) in [6.45, 7) is 1.80. The molecule has 0 aliphatic carbocycles. The highest BCUT2D eigenvalue weighted by Gasteiger charge is 2.16. The zero-order valence-electron chi connectivity index (χ0n) is 7.31. The van der Waals surface area contributed by atoms with E-state index in [1.807, 2.05) is 0 Å². The van der Waals surface area contributed by atoms with Crippen LogP contribution in [-0.2, 0) is 4.74 Å². The molecule has 0 bridgehead atoms. The number of ether oxygens (including phenoxy) is 1. The van der Waals surface area contributed by atoms with Gasteiger partial charge in [0.05, 0.1) is 17.2 Å². The molecule has 1 aromatic rings. The van der Waals surface area contributed by atoms with Crippen molar-refractivity contribution in [2.24, 2.45) is 0 Å². The molecule has 0 atom stereocenters. The molecule has 0 aromatic heterocycles. The van der Waals surface area contributed by atoms with E-state index in [0.29, 0.717) is 0 Å². The fraction of sp³-hybridized carbons (Fsp3) is 0.222. The Morgan fingerprint density at radius 2 is 2.14 bits per heavy atom. The first kappa shape index (κ1) is 11.3. The molecule has 2 nitrogen and oxygen atoms in total. The van der Waals surface area contributed by atoms with Crippen LogP contribution in [0, 0.1) is 5.82 Å². The van der Waals surface area contributed by atoms with Gasteiger partial charge in [-0.3, -0.25) is 0 Å². The van der Waals surface area contributed by atoms with Crippen molar-refractivity contribution in [1.82, 2.24) is 0 Å². The molecule has 0 saturated carbocycles. The topological polar surface area (TPSA) is 26.3 Å². The van der Waals surface area contributed by atoms with Crippen LogP contribution in [0.4, 0.5) is 4.39 Å². The molecule has 0 N–H and O–H groups in total. The van der Waals surface area contributed by atoms with E-state index < -0.39 is 11.8 Å². The maximum Gasteiger partial charge on any atom is 0.341 e. The summed E-state index contributed by atoms with van der Waals surface area (Å²) in [6.07, 6.45) is 0. The summed E-state index contributed by atoms with van der Waals surface area (Å²) in [5, 5.41) is 0.00000567. The van der Waals surface area contributed by atoms with Crippen LogP contribution in [0.5, 0.6) is 0 Å². The van der Waals surface area contributed by atoms with Crippen LogP contribution >= 0.6 is 23.2 Å². The Morgan fingerprint density at radius 3 is 2.71 bits per heavy atom. The molecular weight excluding hydrogens is 230 g/mol. The highest BCUT2D eigenvalue weighted by atomic mass is 35.5. The maximum atomic E-state index is 13.3. The fourth-order valence-corrected chi connectivity index (χ4v) is 1.41. The highest BCUT2D eigenvalue weighted by Crippen LogP contribution is 2.24. The molecule has 0 heterocycles. The van der Waals surface area contributed by atoms with Gasteiger partial charge in [0.1, 0.15) is 0 Å². The summed E-state index contributed by atoms with van der Waals surface area (Å²) in [7, 11) is 0. The zero-order valence-corrected chi connectivity index (χ0v) is 8.82. The Balaban J connectivity index is 3.13. The monoisotopic (exact) mass is 236 g/mol. The molecular formula is C9H7Cl2FO2. The predicted octanol–water partition coefficient (Wildman–Crippen LogP) is 3.31. The van der Waals surface area contributed by atoms with Crippen LogP contribution in [0.15, 0.2) is 12.1 Å². The molecule has 0 aliphatic heterocycles. The van der Waals surface area contributed by atoms with Crippen LogP contribution in [0.1, 0.15) is 17.3 Å². The number of halogens is 3. The number of carbonyl (C=O) groups is 1. The van der Waals surface area contributed by atoms with Crippen molar-refractivity contribution in [2.45, 2.75) is 6.92 Å². The first-order chi connectivity index (χ1) is 6.56. The van der Waals surface area contributed by atoms with Crippen molar-refractivity contribution in [3.05, 3.63) is 33.6 Å². The first-order valence-corrected chi connectivity index (χ1v) is 4.63. The van der Waals surface area contributed by atoms with Crippen molar-refractivity contribution in [3.8, 4) is 0 Å². The van der Waals surface area contributed by atoms with Crippen molar-refractivity contribution >= 4 is 29.2 Å². The van der Waals surface area contributed by atoms with E-state index in [-0.39, 0.29) is 22.2 Å². The van der Waals surface area contributed by atoms with Gasteiger partial charge in [0.15, 0.2) is 5.82 Å². The summed E-state index contributed by atoms with van der Waals surface area (Å²) in [5.74, 6) is -1.58. The Bertz CT molecular complexity index is 366. The lowest BCUT2D eigenvalue weighted by Crippen LogP contribution is -2.07. The third-order valence-corrected chi connectivity index (χ3v) is 1.98. The summed E-state index contributed by atoms with van der Waals surface area (Å²) < 4.78 is 17.9. The van der Waals surface area contributed by atoms with Gasteiger partial charge in [0.25, 0.3) is 0 Å². The minimum absolute atomic E-state index is 0.169. The Morgan fingerprint density at radius 1 is 1.50 bits per heavy atom. The number of carbonyl (C=O) groups excluding carboxylic acids is 1. The maximum absolute atomic E-state index is 13.3. The molecule has 1 aromatic carbocycles. The number of rotatable bonds is 2. The van der Waals surface area contributed by atoms with E-state index in [0.717, 1.165) is 0 Å². The van der Waals surface area contributed by atoms with Crippen LogP contribution in [0.2, 0.25) is 10.0 Å². The summed E-state index contributed by atoms with van der Waals surface area (Å²) in [5.41, 5.74) is -0.246. The summed E-state index contributed by atoms with van der Waals surface area (Å²) in [4.78, 5) is 11.2. The predicted molar refractivity (Wildman–Crippen MR) is 52.4 cm³/mol. The SMILES string of the molecule is CCOC(=O)c1cc(Cl)cc(Cl)c1F. The molecule has 0 spiro atoms.